The molecule has 1 N–H and O–H groups in total. The van der Waals surface area contributed by atoms with Crippen LogP contribution in [0.5, 0.6) is 0 Å². The number of carbonyl (C=O) groups is 1. The lowest BCUT2D eigenvalue weighted by Crippen LogP contribution is -2.42. The van der Waals surface area contributed by atoms with Crippen molar-refractivity contribution in [3.63, 3.8) is 0 Å². The Labute approximate surface area is 134 Å². The number of nitrogens with zero attached hydrogens (tertiary/aromatic N) is 4. The molecule has 2 aromatic heterocycles. The van der Waals surface area contributed by atoms with Gasteiger partial charge in [0.1, 0.15) is 5.52 Å². The van der Waals surface area contributed by atoms with E-state index in [1.165, 1.54) is 0 Å². The maximum atomic E-state index is 12.5. The molecule has 1 atom stereocenters. The molecule has 2 aliphatic rings. The SMILES string of the molecule is O=C(NC1CCOCC1)C1CCN(c2nccn3nccc23)C1. The van der Waals surface area contributed by atoms with Gasteiger partial charge in [-0.15, -0.1) is 0 Å². The highest BCUT2D eigenvalue weighted by Crippen LogP contribution is 2.26. The van der Waals surface area contributed by atoms with Crippen molar-refractivity contribution in [1.82, 2.24) is 19.9 Å². The van der Waals surface area contributed by atoms with Crippen molar-refractivity contribution < 1.29 is 9.53 Å². The molecule has 0 spiro atoms. The molecular formula is C16H21N5O2. The fraction of sp³-hybridized carbons (Fsp3) is 0.562. The van der Waals surface area contributed by atoms with Crippen molar-refractivity contribution in [2.75, 3.05) is 31.2 Å². The number of anilines is 1. The predicted octanol–water partition coefficient (Wildman–Crippen LogP) is 0.851. The van der Waals surface area contributed by atoms with Crippen LogP contribution >= 0.6 is 0 Å². The topological polar surface area (TPSA) is 71.8 Å². The van der Waals surface area contributed by atoms with E-state index < -0.39 is 0 Å². The summed E-state index contributed by atoms with van der Waals surface area (Å²) in [4.78, 5) is 19.2. The van der Waals surface area contributed by atoms with Crippen molar-refractivity contribution in [1.29, 1.82) is 0 Å². The van der Waals surface area contributed by atoms with E-state index in [-0.39, 0.29) is 17.9 Å². The van der Waals surface area contributed by atoms with E-state index in [0.717, 1.165) is 50.4 Å². The maximum Gasteiger partial charge on any atom is 0.225 e. The molecule has 2 aliphatic heterocycles. The number of amides is 1. The van der Waals surface area contributed by atoms with Crippen molar-refractivity contribution in [3.8, 4) is 0 Å². The number of hydrogen-bond acceptors (Lipinski definition) is 5. The van der Waals surface area contributed by atoms with Crippen LogP contribution in [0.4, 0.5) is 5.82 Å². The minimum absolute atomic E-state index is 0.0304. The third-order valence-corrected chi connectivity index (χ3v) is 4.73. The second-order valence-electron chi connectivity index (χ2n) is 6.24. The van der Waals surface area contributed by atoms with Crippen molar-refractivity contribution in [2.24, 2.45) is 5.92 Å². The smallest absolute Gasteiger partial charge is 0.225 e. The molecule has 0 aliphatic carbocycles. The molecule has 23 heavy (non-hydrogen) atoms. The Balaban J connectivity index is 1.42. The van der Waals surface area contributed by atoms with E-state index in [0.29, 0.717) is 6.54 Å². The standard InChI is InChI=1S/C16H21N5O2/c22-16(19-13-3-9-23-10-4-13)12-2-7-20(11-12)15-14-1-5-18-21(14)8-6-17-15/h1,5-6,8,12-13H,2-4,7,9-11H2,(H,19,22). The number of aromatic nitrogens is 3. The van der Waals surface area contributed by atoms with Gasteiger partial charge in [0.15, 0.2) is 5.82 Å². The minimum Gasteiger partial charge on any atom is -0.381 e. The third-order valence-electron chi connectivity index (χ3n) is 4.73. The molecule has 1 unspecified atom stereocenters. The molecule has 7 heteroatoms. The summed E-state index contributed by atoms with van der Waals surface area (Å²) in [6.45, 7) is 3.06. The molecule has 2 saturated heterocycles. The zero-order valence-corrected chi connectivity index (χ0v) is 13.0. The van der Waals surface area contributed by atoms with Crippen LogP contribution in [-0.2, 0) is 9.53 Å². The average molecular weight is 315 g/mol. The first-order valence-electron chi connectivity index (χ1n) is 8.23. The minimum atomic E-state index is 0.0304. The highest BCUT2D eigenvalue weighted by molar-refractivity contribution is 5.81. The molecule has 4 heterocycles. The van der Waals surface area contributed by atoms with E-state index in [1.807, 2.05) is 16.8 Å². The lowest BCUT2D eigenvalue weighted by molar-refractivity contribution is -0.125. The summed E-state index contributed by atoms with van der Waals surface area (Å²) in [5.74, 6) is 1.11. The van der Waals surface area contributed by atoms with Gasteiger partial charge < -0.3 is 15.0 Å². The summed E-state index contributed by atoms with van der Waals surface area (Å²) in [7, 11) is 0. The zero-order valence-electron chi connectivity index (χ0n) is 13.0. The molecule has 122 valence electrons. The summed E-state index contributed by atoms with van der Waals surface area (Å²) in [6.07, 6.45) is 8.06. The first kappa shape index (κ1) is 14.4. The van der Waals surface area contributed by atoms with Crippen LogP contribution in [-0.4, -0.2) is 52.9 Å². The lowest BCUT2D eigenvalue weighted by atomic mass is 10.1. The fourth-order valence-corrected chi connectivity index (χ4v) is 3.41. The van der Waals surface area contributed by atoms with E-state index in [4.69, 9.17) is 4.74 Å². The van der Waals surface area contributed by atoms with Crippen LogP contribution in [0.15, 0.2) is 24.7 Å². The number of rotatable bonds is 3. The monoisotopic (exact) mass is 315 g/mol. The van der Waals surface area contributed by atoms with Crippen LogP contribution in [0.1, 0.15) is 19.3 Å². The average Bonchev–Trinajstić information content (AvgIpc) is 3.25. The molecular weight excluding hydrogens is 294 g/mol. The number of hydrogen-bond donors (Lipinski definition) is 1. The van der Waals surface area contributed by atoms with Gasteiger partial charge >= 0.3 is 0 Å². The molecule has 0 radical (unpaired) electrons. The summed E-state index contributed by atoms with van der Waals surface area (Å²) in [5.41, 5.74) is 0.984. The summed E-state index contributed by atoms with van der Waals surface area (Å²) in [5, 5.41) is 7.42. The lowest BCUT2D eigenvalue weighted by Gasteiger charge is -2.24. The van der Waals surface area contributed by atoms with E-state index in [1.54, 1.807) is 12.4 Å². The Morgan fingerprint density at radius 3 is 3.00 bits per heavy atom. The fourth-order valence-electron chi connectivity index (χ4n) is 3.41. The molecule has 4 rings (SSSR count). The van der Waals surface area contributed by atoms with Crippen molar-refractivity contribution >= 4 is 17.2 Å². The number of fused-ring (bicyclic) bond motifs is 1. The normalized spacial score (nSPS) is 22.6. The first-order valence-corrected chi connectivity index (χ1v) is 8.23. The van der Waals surface area contributed by atoms with E-state index >= 15 is 0 Å². The molecule has 0 aromatic carbocycles. The first-order chi connectivity index (χ1) is 11.3. The van der Waals surface area contributed by atoms with Gasteiger partial charge in [-0.2, -0.15) is 5.10 Å². The Morgan fingerprint density at radius 2 is 2.13 bits per heavy atom. The van der Waals surface area contributed by atoms with Gasteiger partial charge in [-0.3, -0.25) is 4.79 Å². The van der Waals surface area contributed by atoms with Gasteiger partial charge in [-0.1, -0.05) is 0 Å². The van der Waals surface area contributed by atoms with Crippen LogP contribution in [0.3, 0.4) is 0 Å². The highest BCUT2D eigenvalue weighted by Gasteiger charge is 2.31. The maximum absolute atomic E-state index is 12.5. The Hall–Kier alpha value is -2.15. The van der Waals surface area contributed by atoms with E-state index in [9.17, 15) is 4.79 Å². The summed E-state index contributed by atoms with van der Waals surface area (Å²) in [6, 6.07) is 2.22. The summed E-state index contributed by atoms with van der Waals surface area (Å²) < 4.78 is 7.16. The second-order valence-corrected chi connectivity index (χ2v) is 6.24. The van der Waals surface area contributed by atoms with Gasteiger partial charge in [0.2, 0.25) is 5.91 Å². The molecule has 2 fully saturated rings. The van der Waals surface area contributed by atoms with Crippen LogP contribution in [0, 0.1) is 5.92 Å². The van der Waals surface area contributed by atoms with Crippen LogP contribution < -0.4 is 10.2 Å². The van der Waals surface area contributed by atoms with Crippen molar-refractivity contribution in [3.05, 3.63) is 24.7 Å². The summed E-state index contributed by atoms with van der Waals surface area (Å²) >= 11 is 0. The zero-order chi connectivity index (χ0) is 15.6. The Kier molecular flexibility index (Phi) is 3.87. The van der Waals surface area contributed by atoms with Crippen LogP contribution in [0.2, 0.25) is 0 Å². The molecule has 2 aromatic rings. The van der Waals surface area contributed by atoms with Gasteiger partial charge in [-0.05, 0) is 25.3 Å². The molecule has 0 saturated carbocycles. The number of carbonyl (C=O) groups excluding carboxylic acids is 1. The van der Waals surface area contributed by atoms with Gasteiger partial charge in [0.05, 0.1) is 12.1 Å². The van der Waals surface area contributed by atoms with Crippen LogP contribution in [0.25, 0.3) is 5.52 Å². The van der Waals surface area contributed by atoms with Gasteiger partial charge in [0, 0.05) is 44.7 Å². The predicted molar refractivity (Wildman–Crippen MR) is 85.3 cm³/mol. The second kappa shape index (κ2) is 6.16. The third kappa shape index (κ3) is 2.88. The Bertz CT molecular complexity index is 695. The molecule has 0 bridgehead atoms. The highest BCUT2D eigenvalue weighted by atomic mass is 16.5. The van der Waals surface area contributed by atoms with Gasteiger partial charge in [-0.25, -0.2) is 9.50 Å². The number of nitrogens with one attached hydrogen (secondary N) is 1. The van der Waals surface area contributed by atoms with Gasteiger partial charge in [0.25, 0.3) is 0 Å². The molecule has 7 nitrogen and oxygen atoms in total. The molecule has 1 amide bonds. The quantitative estimate of drug-likeness (QED) is 0.909. The largest absolute Gasteiger partial charge is 0.381 e. The van der Waals surface area contributed by atoms with Crippen molar-refractivity contribution in [2.45, 2.75) is 25.3 Å². The number of ether oxygens (including phenoxy) is 1. The van der Waals surface area contributed by atoms with E-state index in [2.05, 4.69) is 20.3 Å². The Morgan fingerprint density at radius 1 is 1.26 bits per heavy atom.